The molecule has 25 N–H and O–H groups in total. The number of carbonyl (C=O) groups excluding carboxylic acids is 17. The summed E-state index contributed by atoms with van der Waals surface area (Å²) in [7, 11) is 0. The van der Waals surface area contributed by atoms with Crippen LogP contribution in [-0.4, -0.2) is 241 Å². The van der Waals surface area contributed by atoms with Gasteiger partial charge in [-0.1, -0.05) is 130 Å². The Labute approximate surface area is 736 Å². The Morgan fingerprint density at radius 2 is 0.968 bits per heavy atom. The van der Waals surface area contributed by atoms with Crippen molar-refractivity contribution in [3.8, 4) is 0 Å². The summed E-state index contributed by atoms with van der Waals surface area (Å²) in [4.78, 5) is 237. The first-order valence-corrected chi connectivity index (χ1v) is 45.0. The summed E-state index contributed by atoms with van der Waals surface area (Å²) in [5, 5.41) is 52.9. The van der Waals surface area contributed by atoms with Gasteiger partial charge in [0.2, 0.25) is 100 Å². The SMILES string of the molecule is CC[C@H](C)[C@H](NC(=O)[C@@H](NC(=O)[C@H](C)NC(=O)[C@H](Cc1ccccc1)NC(=O)[C@H](CC(C)C)NC(=O)CNC(C)=O)C(C)C)C(=O)N[C@@H](CCCCN)C(=O)N[C@@H](CCCCN)C(=O)N[C@H]1CSCc2ccccc2CSC[C@@H](C(=O)N[C@@H](CCCCN)C(=O)NCC(=O)N[C@@H](CC(C)C)C(N)=O)NC(=O)[C@H](C(C)C)NC(=O)[C@H](CO)NC(=O)[C@H](C)NC1=O. The Morgan fingerprint density at radius 1 is 0.484 bits per heavy atom. The monoisotopic (exact) mass is 1780 g/mol. The largest absolute Gasteiger partial charge is 0.394 e. The number of aliphatic hydroxyl groups excluding tert-OH is 1. The molecule has 0 unspecified atom stereocenters. The number of aliphatic hydroxyl groups is 1. The summed E-state index contributed by atoms with van der Waals surface area (Å²) in [5.41, 5.74) is 25.3. The fourth-order valence-corrected chi connectivity index (χ4v) is 15.1. The van der Waals surface area contributed by atoms with Gasteiger partial charge >= 0.3 is 0 Å². The van der Waals surface area contributed by atoms with Crippen molar-refractivity contribution >= 4 is 124 Å². The number of thioether (sulfide) groups is 2. The van der Waals surface area contributed by atoms with Gasteiger partial charge in [-0.25, -0.2) is 0 Å². The first kappa shape index (κ1) is 108. The average molecular weight is 1780 g/mol. The van der Waals surface area contributed by atoms with E-state index in [-0.39, 0.29) is 99.4 Å². The third kappa shape index (κ3) is 39.9. The molecule has 0 aromatic heterocycles. The summed E-state index contributed by atoms with van der Waals surface area (Å²) < 4.78 is 0. The predicted octanol–water partition coefficient (Wildman–Crippen LogP) is -2.20. The second kappa shape index (κ2) is 57.5. The third-order valence-corrected chi connectivity index (χ3v) is 22.6. The molecule has 0 fully saturated rings. The molecule has 0 saturated carbocycles. The van der Waals surface area contributed by atoms with Crippen molar-refractivity contribution in [3.05, 3.63) is 71.3 Å². The van der Waals surface area contributed by atoms with Crippen LogP contribution in [0.1, 0.15) is 184 Å². The van der Waals surface area contributed by atoms with E-state index in [0.717, 1.165) is 11.1 Å². The molecule has 1 aliphatic rings. The first-order chi connectivity index (χ1) is 58.7. The number of rotatable bonds is 47. The quantitative estimate of drug-likeness (QED) is 0.0313. The van der Waals surface area contributed by atoms with E-state index in [9.17, 15) is 86.6 Å². The maximum Gasteiger partial charge on any atom is 0.245 e. The van der Waals surface area contributed by atoms with Crippen LogP contribution in [0.3, 0.4) is 0 Å². The fraction of sp³-hybridized carbons (Fsp3) is 0.655. The molecule has 0 radical (unpaired) electrons. The van der Waals surface area contributed by atoms with Crippen molar-refractivity contribution in [3.63, 3.8) is 0 Å². The van der Waals surface area contributed by atoms with Gasteiger partial charge < -0.3 is 113 Å². The summed E-state index contributed by atoms with van der Waals surface area (Å²) in [6.07, 6.45) is 2.85. The molecule has 17 amide bonds. The molecule has 0 spiro atoms. The van der Waals surface area contributed by atoms with Crippen LogP contribution in [-0.2, 0) is 99.4 Å². The van der Waals surface area contributed by atoms with E-state index in [2.05, 4.69) is 85.1 Å². The molecule has 0 aliphatic carbocycles. The van der Waals surface area contributed by atoms with Gasteiger partial charge in [-0.2, -0.15) is 23.5 Å². The van der Waals surface area contributed by atoms with Gasteiger partial charge in [-0.05, 0) is 150 Å². The van der Waals surface area contributed by atoms with Crippen molar-refractivity contribution in [1.82, 2.24) is 85.1 Å². The Balaban J connectivity index is 2.00. The maximum atomic E-state index is 15.0. The normalized spacial score (nSPS) is 18.6. The molecule has 1 heterocycles. The highest BCUT2D eigenvalue weighted by Gasteiger charge is 2.39. The second-order valence-electron chi connectivity index (χ2n) is 32.8. The molecule has 0 bridgehead atoms. The summed E-state index contributed by atoms with van der Waals surface area (Å²) >= 11 is 2.43. The fourth-order valence-electron chi connectivity index (χ4n) is 12.9. The lowest BCUT2D eigenvalue weighted by Gasteiger charge is -2.30. The van der Waals surface area contributed by atoms with Crippen molar-refractivity contribution in [1.29, 1.82) is 0 Å². The van der Waals surface area contributed by atoms with Crippen LogP contribution in [0.2, 0.25) is 0 Å². The summed E-state index contributed by atoms with van der Waals surface area (Å²) in [5.74, 6) is -15.4. The van der Waals surface area contributed by atoms with Crippen LogP contribution in [0.4, 0.5) is 0 Å². The van der Waals surface area contributed by atoms with Gasteiger partial charge in [0.15, 0.2) is 0 Å². The van der Waals surface area contributed by atoms with Crippen LogP contribution in [0.5, 0.6) is 0 Å². The number of fused-ring (bicyclic) bond motifs is 1. The van der Waals surface area contributed by atoms with Gasteiger partial charge in [0.1, 0.15) is 84.6 Å². The second-order valence-corrected chi connectivity index (χ2v) is 34.8. The molecule has 15 atom stereocenters. The predicted molar refractivity (Wildman–Crippen MR) is 472 cm³/mol. The lowest BCUT2D eigenvalue weighted by atomic mass is 9.95. The zero-order chi connectivity index (χ0) is 92.9. The van der Waals surface area contributed by atoms with E-state index < -0.39 is 222 Å². The number of hydrogen-bond acceptors (Lipinski definition) is 23. The highest BCUT2D eigenvalue weighted by Crippen LogP contribution is 2.24. The zero-order valence-electron chi connectivity index (χ0n) is 73.9. The van der Waals surface area contributed by atoms with E-state index in [1.165, 1.54) is 44.3 Å². The van der Waals surface area contributed by atoms with E-state index in [0.29, 0.717) is 44.1 Å². The molecule has 124 heavy (non-hydrogen) atoms. The topological polar surface area (TPSA) is 607 Å². The number of primary amides is 1. The Hall–Kier alpha value is -10.0. The minimum atomic E-state index is -1.72. The molecule has 0 saturated heterocycles. The van der Waals surface area contributed by atoms with Crippen LogP contribution >= 0.6 is 23.5 Å². The number of amides is 17. The van der Waals surface area contributed by atoms with Gasteiger partial charge in [0, 0.05) is 36.4 Å². The highest BCUT2D eigenvalue weighted by atomic mass is 32.2. The van der Waals surface area contributed by atoms with Crippen LogP contribution in [0.15, 0.2) is 54.6 Å². The van der Waals surface area contributed by atoms with Crippen molar-refractivity contribution in [2.45, 2.75) is 270 Å². The lowest BCUT2D eigenvalue weighted by Crippen LogP contribution is -2.62. The zero-order valence-corrected chi connectivity index (χ0v) is 75.6. The van der Waals surface area contributed by atoms with E-state index >= 15 is 0 Å². The molecule has 1 aliphatic heterocycles. The Kier molecular flexibility index (Phi) is 50.1. The third-order valence-electron chi connectivity index (χ3n) is 20.4. The van der Waals surface area contributed by atoms with Crippen molar-refractivity contribution < 1.29 is 86.6 Å². The molecule has 38 nitrogen and oxygen atoms in total. The van der Waals surface area contributed by atoms with Crippen LogP contribution in [0, 0.1) is 29.6 Å². The van der Waals surface area contributed by atoms with Gasteiger partial charge in [-0.3, -0.25) is 81.5 Å². The lowest BCUT2D eigenvalue weighted by molar-refractivity contribution is -0.137. The first-order valence-electron chi connectivity index (χ1n) is 42.7. The minimum Gasteiger partial charge on any atom is -0.394 e. The number of carbonyl (C=O) groups is 17. The van der Waals surface area contributed by atoms with Crippen molar-refractivity contribution in [2.24, 2.45) is 52.5 Å². The molecule has 2 aromatic carbocycles. The number of benzene rings is 2. The van der Waals surface area contributed by atoms with E-state index in [4.69, 9.17) is 22.9 Å². The number of nitrogens with one attached hydrogen (secondary N) is 16. The van der Waals surface area contributed by atoms with Gasteiger partial charge in [0.05, 0.1) is 19.7 Å². The number of unbranched alkanes of at least 4 members (excludes halogenated alkanes) is 3. The standard InChI is InChI=1S/C84H138N20O18S2/c1-14-50(10)70(104-83(121)69(49(8)9)102-73(111)52(12)91-77(115)62(38-54-26-16-15-17-27-54)98-78(116)61(37-47(4)5)94-66(107)39-89-53(13)106)84(122)97-59(32-22-25-35-87)75(113)96-58(31-21-24-34-86)76(114)100-64-44-123-42-55-28-18-19-29-56(55)43-124-45-65(101-82(120)68(48(6)7)103-79(117)63(41-105)99-72(110)51(11)92-80(64)118)81(119)95-57(30-20-23-33-85)74(112)90-40-67(108)93-60(71(88)109)36-46(2)3/h15-19,26-29,46-52,57-65,68-70,105H,14,20-25,30-45,85-87H2,1-13H3,(H2,88,109)(H,89,106)(H,90,112)(H,91,115)(H,92,118)(H,93,108)(H,94,107)(H,95,119)(H,96,113)(H,97,122)(H,98,116)(H,99,110)(H,100,114)(H,101,120)(H,102,111)(H,103,117)(H,104,121)/t50-,51-,52-,57-,58-,59-,60-,61-,62-,63-,64-,65-,68-,69-,70-/m0/s1. The van der Waals surface area contributed by atoms with Crippen LogP contribution < -0.4 is 108 Å². The molecule has 2 aromatic rings. The number of nitrogens with two attached hydrogens (primary N) is 4. The molecule has 3 rings (SSSR count). The van der Waals surface area contributed by atoms with Gasteiger partial charge in [-0.15, -0.1) is 0 Å². The van der Waals surface area contributed by atoms with Crippen molar-refractivity contribution in [2.75, 3.05) is 50.8 Å². The molecular formula is C84H138N20O18S2. The minimum absolute atomic E-state index is 0.0119. The smallest absolute Gasteiger partial charge is 0.245 e. The highest BCUT2D eigenvalue weighted by molar-refractivity contribution is 7.99. The van der Waals surface area contributed by atoms with E-state index in [1.54, 1.807) is 84.0 Å². The molecular weight excluding hydrogens is 1640 g/mol. The average Bonchev–Trinajstić information content (AvgIpc) is 0.897. The molecule has 40 heteroatoms. The summed E-state index contributed by atoms with van der Waals surface area (Å²) in [6.45, 7) is 19.8. The molecule has 694 valence electrons. The Morgan fingerprint density at radius 3 is 1.49 bits per heavy atom. The van der Waals surface area contributed by atoms with E-state index in [1.807, 2.05) is 39.8 Å². The van der Waals surface area contributed by atoms with Gasteiger partial charge in [0.25, 0.3) is 0 Å². The maximum absolute atomic E-state index is 15.0. The number of hydrogen-bond donors (Lipinski definition) is 21. The summed E-state index contributed by atoms with van der Waals surface area (Å²) in [6, 6.07) is -2.95. The Bertz CT molecular complexity index is 3850. The van der Waals surface area contributed by atoms with Crippen LogP contribution in [0.25, 0.3) is 0 Å².